The summed E-state index contributed by atoms with van der Waals surface area (Å²) in [7, 11) is 0. The second-order valence-electron chi connectivity index (χ2n) is 5.17. The molecule has 0 aliphatic heterocycles. The Labute approximate surface area is 122 Å². The highest BCUT2D eigenvalue weighted by Crippen LogP contribution is 2.28. The number of halogens is 1. The van der Waals surface area contributed by atoms with Gasteiger partial charge in [-0.2, -0.15) is 0 Å². The van der Waals surface area contributed by atoms with E-state index in [0.717, 1.165) is 34.9 Å². The molecule has 3 aromatic rings. The summed E-state index contributed by atoms with van der Waals surface area (Å²) in [6.45, 7) is 2.28. The van der Waals surface area contributed by atoms with Crippen molar-refractivity contribution in [1.29, 1.82) is 0 Å². The number of hydrogen-bond acceptors (Lipinski definition) is 1. The van der Waals surface area contributed by atoms with Crippen LogP contribution in [0.3, 0.4) is 0 Å². The Morgan fingerprint density at radius 3 is 2.62 bits per heavy atom. The van der Waals surface area contributed by atoms with Crippen LogP contribution >= 0.6 is 0 Å². The van der Waals surface area contributed by atoms with Gasteiger partial charge in [0.2, 0.25) is 0 Å². The van der Waals surface area contributed by atoms with Crippen molar-refractivity contribution >= 4 is 17.2 Å². The third-order valence-electron chi connectivity index (χ3n) is 3.90. The van der Waals surface area contributed by atoms with E-state index in [1.807, 2.05) is 29.7 Å². The van der Waals surface area contributed by atoms with Crippen molar-refractivity contribution in [1.82, 2.24) is 4.57 Å². The van der Waals surface area contributed by atoms with Crippen LogP contribution in [-0.2, 0) is 17.8 Å². The van der Waals surface area contributed by atoms with Crippen LogP contribution in [0.15, 0.2) is 48.5 Å². The molecule has 0 aliphatic carbocycles. The normalized spacial score (nSPS) is 11.0. The average Bonchev–Trinajstić information content (AvgIpc) is 2.74. The monoisotopic (exact) mass is 281 g/mol. The second kappa shape index (κ2) is 5.52. The molecule has 3 heteroatoms. The molecule has 1 heterocycles. The fourth-order valence-corrected chi connectivity index (χ4v) is 2.86. The molecule has 0 fully saturated rings. The number of nitrogens with zero attached hydrogens (tertiary/aromatic N) is 1. The van der Waals surface area contributed by atoms with Gasteiger partial charge in [-0.25, -0.2) is 4.39 Å². The van der Waals surface area contributed by atoms with Gasteiger partial charge >= 0.3 is 0 Å². The lowest BCUT2D eigenvalue weighted by atomic mass is 10.0. The van der Waals surface area contributed by atoms with E-state index in [0.29, 0.717) is 6.54 Å². The predicted octanol–water partition coefficient (Wildman–Crippen LogP) is 3.88. The number of aldehydes is 1. The zero-order valence-corrected chi connectivity index (χ0v) is 11.8. The summed E-state index contributed by atoms with van der Waals surface area (Å²) in [5.74, 6) is -0.250. The molecule has 0 amide bonds. The van der Waals surface area contributed by atoms with Gasteiger partial charge in [0, 0.05) is 16.6 Å². The molecule has 0 saturated heterocycles. The lowest BCUT2D eigenvalue weighted by Gasteiger charge is -2.04. The summed E-state index contributed by atoms with van der Waals surface area (Å²) in [6, 6.07) is 14.8. The van der Waals surface area contributed by atoms with Gasteiger partial charge in [-0.3, -0.25) is 0 Å². The Balaban J connectivity index is 2.18. The molecule has 0 spiro atoms. The SMILES string of the molecule is Cc1c(Cc2ccccc2)c2cc(F)ccc2n1CC=O. The van der Waals surface area contributed by atoms with Gasteiger partial charge in [0.25, 0.3) is 0 Å². The van der Waals surface area contributed by atoms with Gasteiger partial charge in [0.15, 0.2) is 0 Å². The highest BCUT2D eigenvalue weighted by molar-refractivity contribution is 5.86. The quantitative estimate of drug-likeness (QED) is 0.665. The fraction of sp³-hybridized carbons (Fsp3) is 0.167. The number of rotatable bonds is 4. The van der Waals surface area contributed by atoms with Crippen molar-refractivity contribution in [2.75, 3.05) is 0 Å². The highest BCUT2D eigenvalue weighted by atomic mass is 19.1. The van der Waals surface area contributed by atoms with Gasteiger partial charge in [-0.05, 0) is 42.7 Å². The van der Waals surface area contributed by atoms with Gasteiger partial charge < -0.3 is 9.36 Å². The standard InChI is InChI=1S/C18H16FNO/c1-13-16(11-14-5-3-2-4-6-14)17-12-15(19)7-8-18(17)20(13)9-10-21/h2-8,10,12H,9,11H2,1H3. The Morgan fingerprint density at radius 1 is 1.14 bits per heavy atom. The molecule has 2 nitrogen and oxygen atoms in total. The number of carbonyl (C=O) groups is 1. The minimum atomic E-state index is -0.250. The Morgan fingerprint density at radius 2 is 1.90 bits per heavy atom. The molecular weight excluding hydrogens is 265 g/mol. The Bertz CT molecular complexity index is 790. The van der Waals surface area contributed by atoms with E-state index in [2.05, 4.69) is 12.1 Å². The molecule has 0 radical (unpaired) electrons. The molecule has 0 N–H and O–H groups in total. The number of fused-ring (bicyclic) bond motifs is 1. The summed E-state index contributed by atoms with van der Waals surface area (Å²) in [5, 5.41) is 0.887. The second-order valence-corrected chi connectivity index (χ2v) is 5.17. The van der Waals surface area contributed by atoms with Crippen LogP contribution < -0.4 is 0 Å². The van der Waals surface area contributed by atoms with Gasteiger partial charge in [0.1, 0.15) is 12.1 Å². The zero-order valence-electron chi connectivity index (χ0n) is 11.8. The van der Waals surface area contributed by atoms with E-state index in [4.69, 9.17) is 0 Å². The number of benzene rings is 2. The van der Waals surface area contributed by atoms with E-state index in [1.165, 1.54) is 11.6 Å². The maximum Gasteiger partial charge on any atom is 0.139 e. The van der Waals surface area contributed by atoms with E-state index < -0.39 is 0 Å². The molecule has 0 atom stereocenters. The number of hydrogen-bond donors (Lipinski definition) is 0. The highest BCUT2D eigenvalue weighted by Gasteiger charge is 2.14. The van der Waals surface area contributed by atoms with Gasteiger partial charge in [-0.1, -0.05) is 30.3 Å². The van der Waals surface area contributed by atoms with Crippen molar-refractivity contribution in [3.05, 3.63) is 71.2 Å². The first-order chi connectivity index (χ1) is 10.2. The minimum absolute atomic E-state index is 0.250. The largest absolute Gasteiger partial charge is 0.337 e. The van der Waals surface area contributed by atoms with Crippen molar-refractivity contribution in [2.24, 2.45) is 0 Å². The molecule has 2 aromatic carbocycles. The lowest BCUT2D eigenvalue weighted by molar-refractivity contribution is -0.108. The molecule has 1 aromatic heterocycles. The topological polar surface area (TPSA) is 22.0 Å². The van der Waals surface area contributed by atoms with Crippen molar-refractivity contribution < 1.29 is 9.18 Å². The van der Waals surface area contributed by atoms with E-state index in [1.54, 1.807) is 12.1 Å². The van der Waals surface area contributed by atoms with E-state index >= 15 is 0 Å². The first-order valence-electron chi connectivity index (χ1n) is 6.95. The maximum atomic E-state index is 13.6. The third-order valence-corrected chi connectivity index (χ3v) is 3.90. The summed E-state index contributed by atoms with van der Waals surface area (Å²) in [5.41, 5.74) is 4.19. The lowest BCUT2D eigenvalue weighted by Crippen LogP contribution is -2.01. The van der Waals surface area contributed by atoms with Crippen LogP contribution in [0.4, 0.5) is 4.39 Å². The summed E-state index contributed by atoms with van der Waals surface area (Å²) in [6.07, 6.45) is 1.61. The average molecular weight is 281 g/mol. The molecular formula is C18H16FNO. The van der Waals surface area contributed by atoms with Gasteiger partial charge in [0.05, 0.1) is 6.54 Å². The first-order valence-corrected chi connectivity index (χ1v) is 6.95. The van der Waals surface area contributed by atoms with Crippen molar-refractivity contribution in [3.63, 3.8) is 0 Å². The van der Waals surface area contributed by atoms with Crippen molar-refractivity contribution in [3.8, 4) is 0 Å². The van der Waals surface area contributed by atoms with Crippen LogP contribution in [-0.4, -0.2) is 10.9 Å². The maximum absolute atomic E-state index is 13.6. The Hall–Kier alpha value is -2.42. The van der Waals surface area contributed by atoms with Crippen LogP contribution in [0.2, 0.25) is 0 Å². The molecule has 3 rings (SSSR count). The molecule has 21 heavy (non-hydrogen) atoms. The molecule has 0 bridgehead atoms. The first kappa shape index (κ1) is 13.6. The van der Waals surface area contributed by atoms with Crippen molar-refractivity contribution in [2.45, 2.75) is 19.9 Å². The number of aromatic nitrogens is 1. The van der Waals surface area contributed by atoms with Crippen LogP contribution in [0, 0.1) is 12.7 Å². The Kier molecular flexibility index (Phi) is 3.57. The number of carbonyl (C=O) groups excluding carboxylic acids is 1. The van der Waals surface area contributed by atoms with Crippen LogP contribution in [0.25, 0.3) is 10.9 Å². The molecule has 0 aliphatic rings. The zero-order chi connectivity index (χ0) is 14.8. The summed E-state index contributed by atoms with van der Waals surface area (Å²) >= 11 is 0. The van der Waals surface area contributed by atoms with Crippen LogP contribution in [0.1, 0.15) is 16.8 Å². The van der Waals surface area contributed by atoms with Crippen LogP contribution in [0.5, 0.6) is 0 Å². The summed E-state index contributed by atoms with van der Waals surface area (Å²) < 4.78 is 15.5. The third kappa shape index (κ3) is 2.47. The predicted molar refractivity (Wildman–Crippen MR) is 81.9 cm³/mol. The summed E-state index contributed by atoms with van der Waals surface area (Å²) in [4.78, 5) is 10.9. The molecule has 106 valence electrons. The minimum Gasteiger partial charge on any atom is -0.337 e. The molecule has 0 saturated carbocycles. The van der Waals surface area contributed by atoms with E-state index in [-0.39, 0.29) is 5.82 Å². The van der Waals surface area contributed by atoms with E-state index in [9.17, 15) is 9.18 Å². The molecule has 0 unspecified atom stereocenters. The van der Waals surface area contributed by atoms with Gasteiger partial charge in [-0.15, -0.1) is 0 Å². The fourth-order valence-electron chi connectivity index (χ4n) is 2.86. The smallest absolute Gasteiger partial charge is 0.139 e.